The van der Waals surface area contributed by atoms with Crippen LogP contribution in [0.5, 0.6) is 0 Å². The van der Waals surface area contributed by atoms with Crippen LogP contribution in [-0.4, -0.2) is 57.1 Å². The fourth-order valence-electron chi connectivity index (χ4n) is 1.23. The maximum absolute atomic E-state index is 11.4. The second kappa shape index (κ2) is 7.52. The van der Waals surface area contributed by atoms with Gasteiger partial charge in [0, 0.05) is 20.0 Å². The Hall–Kier alpha value is -0.790. The maximum Gasteiger partial charge on any atom is 0.303 e. The first-order valence-corrected chi connectivity index (χ1v) is 7.44. The van der Waals surface area contributed by atoms with Crippen molar-refractivity contribution in [3.63, 3.8) is 0 Å². The van der Waals surface area contributed by atoms with Crippen LogP contribution in [0.3, 0.4) is 0 Å². The minimum atomic E-state index is -2.48. The molecule has 0 aromatic carbocycles. The molecule has 1 saturated heterocycles. The molecule has 0 aromatic heterocycles. The summed E-state index contributed by atoms with van der Waals surface area (Å²) in [5.74, 6) is -0.373. The highest BCUT2D eigenvalue weighted by Gasteiger charge is 2.25. The number of carbonyl (C=O) groups excluding carboxylic acids is 2. The minimum Gasteiger partial charge on any atom is -0.456 e. The molecule has 1 amide bonds. The molecule has 17 heavy (non-hydrogen) atoms. The molecule has 2 N–H and O–H groups in total. The first-order valence-electron chi connectivity index (χ1n) is 5.55. The average molecular weight is 267 g/mol. The molecule has 102 valence electrons. The quantitative estimate of drug-likeness (QED) is 0.733. The molecule has 0 unspecified atom stereocenters. The zero-order chi connectivity index (χ0) is 13.5. The van der Waals surface area contributed by atoms with Crippen LogP contribution in [0.15, 0.2) is 0 Å². The molecule has 1 rings (SSSR count). The largest absolute Gasteiger partial charge is 0.456 e. The summed E-state index contributed by atoms with van der Waals surface area (Å²) in [5, 5.41) is 0. The van der Waals surface area contributed by atoms with Gasteiger partial charge in [0.1, 0.15) is 0 Å². The van der Waals surface area contributed by atoms with Gasteiger partial charge in [-0.2, -0.15) is 10.6 Å². The van der Waals surface area contributed by atoms with Crippen molar-refractivity contribution in [3.05, 3.63) is 0 Å². The second-order valence-electron chi connectivity index (χ2n) is 3.37. The smallest absolute Gasteiger partial charge is 0.303 e. The second-order valence-corrected chi connectivity index (χ2v) is 5.79. The highest BCUT2D eigenvalue weighted by molar-refractivity contribution is 8.24. The van der Waals surface area contributed by atoms with E-state index in [2.05, 4.69) is 4.74 Å². The maximum atomic E-state index is 11.4. The highest BCUT2D eigenvalue weighted by Crippen LogP contribution is 2.40. The number of esters is 1. The number of nitrogens with zero attached hydrogens (tertiary/aromatic N) is 1. The molecule has 0 spiro atoms. The summed E-state index contributed by atoms with van der Waals surface area (Å²) in [6.07, 6.45) is 0. The van der Waals surface area contributed by atoms with Crippen LogP contribution in [0.2, 0.25) is 0 Å². The van der Waals surface area contributed by atoms with Crippen molar-refractivity contribution >= 4 is 22.5 Å². The van der Waals surface area contributed by atoms with Crippen LogP contribution in [0.4, 0.5) is 0 Å². The predicted molar refractivity (Wildman–Crippen MR) is 67.1 cm³/mol. The molecule has 0 bridgehead atoms. The molecule has 0 aromatic rings. The van der Waals surface area contributed by atoms with Crippen molar-refractivity contribution in [2.24, 2.45) is 0 Å². The molecule has 0 aliphatic carbocycles. The summed E-state index contributed by atoms with van der Waals surface area (Å²) in [7, 11) is -2.48. The van der Waals surface area contributed by atoms with Crippen LogP contribution >= 0.6 is 10.6 Å². The van der Waals surface area contributed by atoms with Gasteiger partial charge in [-0.3, -0.25) is 18.7 Å². The molecule has 0 atom stereocenters. The SMILES string of the molecule is CC.CC(=O)OCC(=O)N1CCS(O)(O)CC1. The first kappa shape index (κ1) is 16.2. The highest BCUT2D eigenvalue weighted by atomic mass is 32.3. The number of hydrogen-bond donors (Lipinski definition) is 2. The van der Waals surface area contributed by atoms with Gasteiger partial charge in [0.15, 0.2) is 6.61 Å². The van der Waals surface area contributed by atoms with E-state index in [4.69, 9.17) is 0 Å². The molecule has 1 aliphatic heterocycles. The standard InChI is InChI=1S/C8H15NO5S.C2H6/c1-7(10)14-6-8(11)9-2-4-15(12,13)5-3-9;1-2/h12-13H,2-6H2,1H3;1-2H3. The summed E-state index contributed by atoms with van der Waals surface area (Å²) in [6, 6.07) is 0. The molecule has 1 fully saturated rings. The van der Waals surface area contributed by atoms with Crippen LogP contribution in [0, 0.1) is 0 Å². The third kappa shape index (κ3) is 6.50. The van der Waals surface area contributed by atoms with Gasteiger partial charge in [-0.1, -0.05) is 13.8 Å². The van der Waals surface area contributed by atoms with E-state index in [9.17, 15) is 18.7 Å². The lowest BCUT2D eigenvalue weighted by Gasteiger charge is -2.40. The van der Waals surface area contributed by atoms with Gasteiger partial charge >= 0.3 is 5.97 Å². The summed E-state index contributed by atoms with van der Waals surface area (Å²) in [5.41, 5.74) is 0. The Labute approximate surface area is 103 Å². The minimum absolute atomic E-state index is 0.207. The normalized spacial score (nSPS) is 19.7. The van der Waals surface area contributed by atoms with Crippen LogP contribution in [-0.2, 0) is 14.3 Å². The van der Waals surface area contributed by atoms with Crippen LogP contribution in [0.25, 0.3) is 0 Å². The van der Waals surface area contributed by atoms with E-state index in [1.54, 1.807) is 0 Å². The topological polar surface area (TPSA) is 87.1 Å². The van der Waals surface area contributed by atoms with Crippen LogP contribution < -0.4 is 0 Å². The van der Waals surface area contributed by atoms with Crippen molar-refractivity contribution in [1.29, 1.82) is 0 Å². The van der Waals surface area contributed by atoms with Gasteiger partial charge in [-0.15, -0.1) is 0 Å². The average Bonchev–Trinajstić information content (AvgIpc) is 2.28. The summed E-state index contributed by atoms with van der Waals surface area (Å²) in [6.45, 7) is 5.58. The monoisotopic (exact) mass is 267 g/mol. The Morgan fingerprint density at radius 3 is 2.12 bits per heavy atom. The van der Waals surface area contributed by atoms with Crippen molar-refractivity contribution in [2.75, 3.05) is 31.2 Å². The van der Waals surface area contributed by atoms with Gasteiger partial charge in [0.2, 0.25) is 0 Å². The molecule has 6 nitrogen and oxygen atoms in total. The van der Waals surface area contributed by atoms with Gasteiger partial charge < -0.3 is 9.64 Å². The Kier molecular flexibility index (Phi) is 7.17. The van der Waals surface area contributed by atoms with Gasteiger partial charge in [0.25, 0.3) is 5.91 Å². The van der Waals surface area contributed by atoms with Gasteiger partial charge in [-0.05, 0) is 0 Å². The molecular formula is C10H21NO5S. The molecule has 0 radical (unpaired) electrons. The van der Waals surface area contributed by atoms with E-state index in [-0.39, 0.29) is 24.0 Å². The number of rotatable bonds is 2. The van der Waals surface area contributed by atoms with E-state index < -0.39 is 16.6 Å². The van der Waals surface area contributed by atoms with Crippen molar-refractivity contribution in [1.82, 2.24) is 4.90 Å². The Balaban J connectivity index is 0.00000121. The fourth-order valence-corrected chi connectivity index (χ4v) is 2.46. The van der Waals surface area contributed by atoms with E-state index >= 15 is 0 Å². The van der Waals surface area contributed by atoms with Gasteiger partial charge in [0.05, 0.1) is 11.5 Å². The predicted octanol–water partition coefficient (Wildman–Crippen LogP) is 1.17. The molecule has 1 heterocycles. The van der Waals surface area contributed by atoms with E-state index in [1.165, 1.54) is 11.8 Å². The molecule has 1 aliphatic rings. The number of hydrogen-bond acceptors (Lipinski definition) is 5. The Morgan fingerprint density at radius 2 is 1.71 bits per heavy atom. The van der Waals surface area contributed by atoms with Crippen molar-refractivity contribution < 1.29 is 23.4 Å². The summed E-state index contributed by atoms with van der Waals surface area (Å²) < 4.78 is 23.2. The first-order chi connectivity index (χ1) is 7.91. The lowest BCUT2D eigenvalue weighted by atomic mass is 10.4. The number of amides is 1. The lowest BCUT2D eigenvalue weighted by molar-refractivity contribution is -0.150. The Bertz CT molecular complexity index is 259. The Morgan fingerprint density at radius 1 is 1.24 bits per heavy atom. The molecule has 7 heteroatoms. The number of ether oxygens (including phenoxy) is 1. The molecule has 0 saturated carbocycles. The lowest BCUT2D eigenvalue weighted by Crippen LogP contribution is -2.43. The molecular weight excluding hydrogens is 246 g/mol. The van der Waals surface area contributed by atoms with Crippen molar-refractivity contribution in [2.45, 2.75) is 20.8 Å². The van der Waals surface area contributed by atoms with Crippen molar-refractivity contribution in [3.8, 4) is 0 Å². The van der Waals surface area contributed by atoms with E-state index in [0.717, 1.165) is 0 Å². The zero-order valence-electron chi connectivity index (χ0n) is 10.5. The van der Waals surface area contributed by atoms with E-state index in [1.807, 2.05) is 13.8 Å². The fraction of sp³-hybridized carbons (Fsp3) is 0.800. The summed E-state index contributed by atoms with van der Waals surface area (Å²) >= 11 is 0. The van der Waals surface area contributed by atoms with E-state index in [0.29, 0.717) is 13.1 Å². The van der Waals surface area contributed by atoms with Crippen LogP contribution in [0.1, 0.15) is 20.8 Å². The summed E-state index contributed by atoms with van der Waals surface area (Å²) in [4.78, 5) is 23.3. The zero-order valence-corrected chi connectivity index (χ0v) is 11.3. The third-order valence-electron chi connectivity index (χ3n) is 2.13. The third-order valence-corrected chi connectivity index (χ3v) is 3.80. The number of carbonyl (C=O) groups is 2. The van der Waals surface area contributed by atoms with Gasteiger partial charge in [-0.25, -0.2) is 0 Å².